The van der Waals surface area contributed by atoms with Gasteiger partial charge in [0.15, 0.2) is 0 Å². The standard InChI is InChI=1S/C17H23ClN2O3/c1-11(2)15(13-5-3-4-6-14(13)18)19-17(23)20-9-7-12(8-10-20)16(21)22/h3-6,11-12,15H,7-10H2,1-2H3,(H,19,23)(H,21,22). The smallest absolute Gasteiger partial charge is 0.317 e. The molecule has 2 amide bonds. The summed E-state index contributed by atoms with van der Waals surface area (Å²) in [6.45, 7) is 5.00. The highest BCUT2D eigenvalue weighted by Crippen LogP contribution is 2.28. The molecule has 1 aliphatic rings. The first kappa shape index (κ1) is 17.6. The molecule has 0 bridgehead atoms. The largest absolute Gasteiger partial charge is 0.481 e. The Morgan fingerprint density at radius 1 is 1.26 bits per heavy atom. The van der Waals surface area contributed by atoms with Crippen LogP contribution in [-0.2, 0) is 4.79 Å². The number of carbonyl (C=O) groups excluding carboxylic acids is 1. The predicted molar refractivity (Wildman–Crippen MR) is 89.5 cm³/mol. The zero-order valence-corrected chi connectivity index (χ0v) is 14.2. The number of carboxylic acids is 1. The summed E-state index contributed by atoms with van der Waals surface area (Å²) in [7, 11) is 0. The summed E-state index contributed by atoms with van der Waals surface area (Å²) in [6.07, 6.45) is 1.00. The van der Waals surface area contributed by atoms with E-state index in [1.807, 2.05) is 38.1 Å². The van der Waals surface area contributed by atoms with Gasteiger partial charge in [-0.1, -0.05) is 43.6 Å². The monoisotopic (exact) mass is 338 g/mol. The molecule has 5 nitrogen and oxygen atoms in total. The number of piperidine rings is 1. The minimum Gasteiger partial charge on any atom is -0.481 e. The maximum atomic E-state index is 12.5. The van der Waals surface area contributed by atoms with Gasteiger partial charge in [0, 0.05) is 18.1 Å². The molecule has 0 aromatic heterocycles. The number of nitrogens with one attached hydrogen (secondary N) is 1. The molecule has 1 unspecified atom stereocenters. The van der Waals surface area contributed by atoms with Gasteiger partial charge in [0.1, 0.15) is 0 Å². The van der Waals surface area contributed by atoms with Crippen molar-refractivity contribution in [2.45, 2.75) is 32.7 Å². The van der Waals surface area contributed by atoms with Gasteiger partial charge in [-0.3, -0.25) is 4.79 Å². The van der Waals surface area contributed by atoms with Crippen LogP contribution in [0.5, 0.6) is 0 Å². The number of likely N-dealkylation sites (tertiary alicyclic amines) is 1. The molecule has 0 saturated carbocycles. The Hall–Kier alpha value is -1.75. The first-order valence-electron chi connectivity index (χ1n) is 7.92. The Kier molecular flexibility index (Phi) is 5.88. The molecule has 1 saturated heterocycles. The van der Waals surface area contributed by atoms with Gasteiger partial charge in [-0.2, -0.15) is 0 Å². The normalized spacial score (nSPS) is 17.1. The molecule has 126 valence electrons. The van der Waals surface area contributed by atoms with Crippen LogP contribution in [-0.4, -0.2) is 35.1 Å². The lowest BCUT2D eigenvalue weighted by atomic mass is 9.95. The molecule has 0 radical (unpaired) electrons. The highest BCUT2D eigenvalue weighted by atomic mass is 35.5. The van der Waals surface area contributed by atoms with Crippen LogP contribution >= 0.6 is 11.6 Å². The molecule has 23 heavy (non-hydrogen) atoms. The van der Waals surface area contributed by atoms with Gasteiger partial charge in [0.25, 0.3) is 0 Å². The summed E-state index contributed by atoms with van der Waals surface area (Å²) in [6, 6.07) is 7.17. The van der Waals surface area contributed by atoms with Crippen molar-refractivity contribution >= 4 is 23.6 Å². The topological polar surface area (TPSA) is 69.6 Å². The number of halogens is 1. The molecule has 2 rings (SSSR count). The quantitative estimate of drug-likeness (QED) is 0.882. The minimum atomic E-state index is -0.777. The molecule has 1 aromatic rings. The lowest BCUT2D eigenvalue weighted by molar-refractivity contribution is -0.143. The van der Waals surface area contributed by atoms with Crippen molar-refractivity contribution in [1.82, 2.24) is 10.2 Å². The van der Waals surface area contributed by atoms with Crippen LogP contribution in [0.15, 0.2) is 24.3 Å². The van der Waals surface area contributed by atoms with E-state index < -0.39 is 5.97 Å². The van der Waals surface area contributed by atoms with E-state index >= 15 is 0 Å². The van der Waals surface area contributed by atoms with E-state index in [1.165, 1.54) is 0 Å². The van der Waals surface area contributed by atoms with E-state index in [2.05, 4.69) is 5.32 Å². The van der Waals surface area contributed by atoms with Crippen molar-refractivity contribution in [3.8, 4) is 0 Å². The van der Waals surface area contributed by atoms with Gasteiger partial charge in [-0.05, 0) is 30.4 Å². The number of urea groups is 1. The Morgan fingerprint density at radius 2 is 1.87 bits per heavy atom. The van der Waals surface area contributed by atoms with Gasteiger partial charge >= 0.3 is 12.0 Å². The van der Waals surface area contributed by atoms with E-state index in [0.717, 1.165) is 5.56 Å². The number of aliphatic carboxylic acids is 1. The molecule has 6 heteroatoms. The summed E-state index contributed by atoms with van der Waals surface area (Å²) < 4.78 is 0. The lowest BCUT2D eigenvalue weighted by Crippen LogP contribution is -2.47. The second kappa shape index (κ2) is 7.68. The van der Waals surface area contributed by atoms with Crippen LogP contribution in [0.1, 0.15) is 38.3 Å². The third-order valence-corrected chi connectivity index (χ3v) is 4.66. The highest BCUT2D eigenvalue weighted by Gasteiger charge is 2.29. The minimum absolute atomic E-state index is 0.160. The summed E-state index contributed by atoms with van der Waals surface area (Å²) in [5.74, 6) is -0.930. The second-order valence-electron chi connectivity index (χ2n) is 6.29. The van der Waals surface area contributed by atoms with Crippen LogP contribution in [0.25, 0.3) is 0 Å². The lowest BCUT2D eigenvalue weighted by Gasteiger charge is -2.33. The zero-order valence-electron chi connectivity index (χ0n) is 13.5. The summed E-state index contributed by atoms with van der Waals surface area (Å²) in [5, 5.41) is 12.7. The molecule has 1 fully saturated rings. The summed E-state index contributed by atoms with van der Waals surface area (Å²) >= 11 is 6.26. The first-order valence-corrected chi connectivity index (χ1v) is 8.30. The van der Waals surface area contributed by atoms with Crippen LogP contribution in [0.4, 0.5) is 4.79 Å². The molecular weight excluding hydrogens is 316 g/mol. The van der Waals surface area contributed by atoms with Crippen LogP contribution < -0.4 is 5.32 Å². The molecule has 2 N–H and O–H groups in total. The average Bonchev–Trinajstić information content (AvgIpc) is 2.53. The number of carbonyl (C=O) groups is 2. The number of carboxylic acid groups (broad SMARTS) is 1. The van der Waals surface area contributed by atoms with Gasteiger partial charge in [-0.25, -0.2) is 4.79 Å². The van der Waals surface area contributed by atoms with E-state index in [4.69, 9.17) is 16.7 Å². The fourth-order valence-corrected chi connectivity index (χ4v) is 3.14. The Balaban J connectivity index is 2.02. The molecule has 1 atom stereocenters. The van der Waals surface area contributed by atoms with Crippen molar-refractivity contribution in [1.29, 1.82) is 0 Å². The Labute approximate surface area is 141 Å². The molecule has 0 spiro atoms. The van der Waals surface area contributed by atoms with Crippen molar-refractivity contribution in [3.63, 3.8) is 0 Å². The number of hydrogen-bond donors (Lipinski definition) is 2. The van der Waals surface area contributed by atoms with Crippen molar-refractivity contribution in [2.24, 2.45) is 11.8 Å². The maximum absolute atomic E-state index is 12.5. The third kappa shape index (κ3) is 4.38. The Bertz CT molecular complexity index is 569. The van der Waals surface area contributed by atoms with Crippen molar-refractivity contribution < 1.29 is 14.7 Å². The number of amides is 2. The molecule has 1 aliphatic heterocycles. The molecule has 1 heterocycles. The van der Waals surface area contributed by atoms with Crippen molar-refractivity contribution in [2.75, 3.05) is 13.1 Å². The van der Waals surface area contributed by atoms with Gasteiger partial charge in [0.05, 0.1) is 12.0 Å². The van der Waals surface area contributed by atoms with Gasteiger partial charge in [0.2, 0.25) is 0 Å². The van der Waals surface area contributed by atoms with E-state index in [9.17, 15) is 9.59 Å². The highest BCUT2D eigenvalue weighted by molar-refractivity contribution is 6.31. The second-order valence-corrected chi connectivity index (χ2v) is 6.70. The molecule has 0 aliphatic carbocycles. The molecule has 1 aromatic carbocycles. The summed E-state index contributed by atoms with van der Waals surface area (Å²) in [5.41, 5.74) is 0.901. The molecular formula is C17H23ClN2O3. The average molecular weight is 339 g/mol. The SMILES string of the molecule is CC(C)C(NC(=O)N1CCC(C(=O)O)CC1)c1ccccc1Cl. The first-order chi connectivity index (χ1) is 10.9. The van der Waals surface area contributed by atoms with Crippen molar-refractivity contribution in [3.05, 3.63) is 34.9 Å². The fraction of sp³-hybridized carbons (Fsp3) is 0.529. The number of rotatable bonds is 4. The fourth-order valence-electron chi connectivity index (χ4n) is 2.88. The number of benzene rings is 1. The number of nitrogens with zero attached hydrogens (tertiary/aromatic N) is 1. The van der Waals surface area contributed by atoms with Gasteiger partial charge in [-0.15, -0.1) is 0 Å². The van der Waals surface area contributed by atoms with Crippen LogP contribution in [0, 0.1) is 11.8 Å². The van der Waals surface area contributed by atoms with Crippen LogP contribution in [0.3, 0.4) is 0 Å². The van der Waals surface area contributed by atoms with E-state index in [1.54, 1.807) is 4.90 Å². The predicted octanol–water partition coefficient (Wildman–Crippen LogP) is 3.54. The van der Waals surface area contributed by atoms with Crippen LogP contribution in [0.2, 0.25) is 5.02 Å². The zero-order chi connectivity index (χ0) is 17.0. The van der Waals surface area contributed by atoms with Gasteiger partial charge < -0.3 is 15.3 Å². The summed E-state index contributed by atoms with van der Waals surface area (Å²) in [4.78, 5) is 25.2. The Morgan fingerprint density at radius 3 is 2.39 bits per heavy atom. The third-order valence-electron chi connectivity index (χ3n) is 4.32. The van der Waals surface area contributed by atoms with E-state index in [0.29, 0.717) is 31.0 Å². The maximum Gasteiger partial charge on any atom is 0.317 e. The van der Waals surface area contributed by atoms with E-state index in [-0.39, 0.29) is 23.9 Å². The number of hydrogen-bond acceptors (Lipinski definition) is 2.